The summed E-state index contributed by atoms with van der Waals surface area (Å²) in [6.07, 6.45) is 11.2. The van der Waals surface area contributed by atoms with Crippen molar-refractivity contribution in [1.29, 1.82) is 0 Å². The molecule has 0 radical (unpaired) electrons. The Morgan fingerprint density at radius 2 is 1.58 bits per heavy atom. The van der Waals surface area contributed by atoms with Gasteiger partial charge in [0.1, 0.15) is 6.61 Å². The van der Waals surface area contributed by atoms with Crippen LogP contribution in [0.2, 0.25) is 0 Å². The van der Waals surface area contributed by atoms with E-state index in [9.17, 15) is 9.59 Å². The molecule has 156 valence electrons. The van der Waals surface area contributed by atoms with E-state index < -0.39 is 0 Å². The molecule has 0 aromatic heterocycles. The Kier molecular flexibility index (Phi) is 23.6. The summed E-state index contributed by atoms with van der Waals surface area (Å²) >= 11 is 1.21. The molecule has 4 nitrogen and oxygen atoms in total. The molecule has 0 saturated carbocycles. The van der Waals surface area contributed by atoms with Crippen molar-refractivity contribution >= 4 is 23.0 Å². The molecular formula is C21H43NO3S. The van der Waals surface area contributed by atoms with Gasteiger partial charge in [0.2, 0.25) is 0 Å². The normalized spacial score (nSPS) is 11.3. The topological polar surface area (TPSA) is 55.4 Å². The van der Waals surface area contributed by atoms with Gasteiger partial charge in [-0.1, -0.05) is 84.9 Å². The predicted octanol–water partition coefficient (Wildman–Crippen LogP) is 6.58. The van der Waals surface area contributed by atoms with Crippen molar-refractivity contribution in [2.24, 2.45) is 5.92 Å². The Bertz CT molecular complexity index is 324. The molecule has 0 bridgehead atoms. The Labute approximate surface area is 166 Å². The largest absolute Gasteiger partial charge is 0.465 e. The lowest BCUT2D eigenvalue weighted by atomic mass is 9.95. The maximum Gasteiger partial charge on any atom is 0.305 e. The zero-order valence-electron chi connectivity index (χ0n) is 17.9. The van der Waals surface area contributed by atoms with Gasteiger partial charge in [-0.2, -0.15) is 0 Å². The van der Waals surface area contributed by atoms with Gasteiger partial charge >= 0.3 is 5.97 Å². The lowest BCUT2D eigenvalue weighted by molar-refractivity contribution is -0.143. The number of nitrogens with one attached hydrogen (secondary N) is 1. The number of ether oxygens (including phenoxy) is 1. The summed E-state index contributed by atoms with van der Waals surface area (Å²) < 4.78 is 5.05. The molecule has 26 heavy (non-hydrogen) atoms. The van der Waals surface area contributed by atoms with Crippen molar-refractivity contribution in [3.8, 4) is 0 Å². The van der Waals surface area contributed by atoms with Gasteiger partial charge in [0.05, 0.1) is 0 Å². The van der Waals surface area contributed by atoms with Crippen molar-refractivity contribution in [3.63, 3.8) is 0 Å². The van der Waals surface area contributed by atoms with Crippen LogP contribution in [0.15, 0.2) is 0 Å². The fourth-order valence-electron chi connectivity index (χ4n) is 2.55. The molecule has 0 aliphatic heterocycles. The van der Waals surface area contributed by atoms with Gasteiger partial charge in [-0.15, -0.1) is 0 Å². The van der Waals surface area contributed by atoms with Crippen LogP contribution in [0.25, 0.3) is 0 Å². The standard InChI is InChI=1S/C19H37NO3S.C2H6/c1-4-7-9-10-13-17(12-8-5-2)16-20-19(22)24-15-14-23-18(21)11-6-3;1-2/h17H,4-16H2,1-3H3,(H,20,22);1-2H3. The highest BCUT2D eigenvalue weighted by Crippen LogP contribution is 2.17. The minimum atomic E-state index is -0.176. The van der Waals surface area contributed by atoms with Crippen molar-refractivity contribution in [2.45, 2.75) is 98.8 Å². The number of hydrogen-bond acceptors (Lipinski definition) is 4. The fourth-order valence-corrected chi connectivity index (χ4v) is 3.08. The van der Waals surface area contributed by atoms with Crippen molar-refractivity contribution < 1.29 is 14.3 Å². The van der Waals surface area contributed by atoms with Gasteiger partial charge < -0.3 is 10.1 Å². The second-order valence-corrected chi connectivity index (χ2v) is 7.41. The number of carbonyl (C=O) groups excluding carboxylic acids is 2. The summed E-state index contributed by atoms with van der Waals surface area (Å²) in [6, 6.07) is 0. The molecule has 0 fully saturated rings. The lowest BCUT2D eigenvalue weighted by Crippen LogP contribution is -2.27. The number of thioether (sulfide) groups is 1. The predicted molar refractivity (Wildman–Crippen MR) is 115 cm³/mol. The number of carbonyl (C=O) groups is 2. The molecule has 0 aromatic carbocycles. The summed E-state index contributed by atoms with van der Waals surface area (Å²) in [7, 11) is 0. The molecule has 1 unspecified atom stereocenters. The highest BCUT2D eigenvalue weighted by molar-refractivity contribution is 8.13. The number of esters is 1. The van der Waals surface area contributed by atoms with Crippen LogP contribution in [0.1, 0.15) is 98.8 Å². The van der Waals surface area contributed by atoms with Crippen LogP contribution in [0.3, 0.4) is 0 Å². The summed E-state index contributed by atoms with van der Waals surface area (Å²) in [5, 5.41) is 3.03. The van der Waals surface area contributed by atoms with E-state index in [0.29, 0.717) is 24.7 Å². The first kappa shape index (κ1) is 27.5. The van der Waals surface area contributed by atoms with E-state index >= 15 is 0 Å². The van der Waals surface area contributed by atoms with Gasteiger partial charge in [-0.25, -0.2) is 0 Å². The quantitative estimate of drug-likeness (QED) is 0.254. The number of hydrogen-bond donors (Lipinski definition) is 1. The van der Waals surface area contributed by atoms with Crippen LogP contribution in [0.5, 0.6) is 0 Å². The summed E-state index contributed by atoms with van der Waals surface area (Å²) in [5.74, 6) is 0.941. The Morgan fingerprint density at radius 3 is 2.19 bits per heavy atom. The molecule has 0 rings (SSSR count). The third-order valence-electron chi connectivity index (χ3n) is 4.00. The van der Waals surface area contributed by atoms with E-state index in [1.54, 1.807) is 0 Å². The van der Waals surface area contributed by atoms with Crippen molar-refractivity contribution in [2.75, 3.05) is 18.9 Å². The Morgan fingerprint density at radius 1 is 0.923 bits per heavy atom. The molecule has 1 atom stereocenters. The molecule has 0 saturated heterocycles. The van der Waals surface area contributed by atoms with Crippen LogP contribution in [0.4, 0.5) is 4.79 Å². The molecule has 0 aliphatic rings. The van der Waals surface area contributed by atoms with E-state index in [1.807, 2.05) is 20.8 Å². The van der Waals surface area contributed by atoms with Gasteiger partial charge in [-0.3, -0.25) is 9.59 Å². The average Bonchev–Trinajstić information content (AvgIpc) is 2.65. The highest BCUT2D eigenvalue weighted by Gasteiger charge is 2.11. The second-order valence-electron chi connectivity index (χ2n) is 6.34. The van der Waals surface area contributed by atoms with Crippen molar-refractivity contribution in [1.82, 2.24) is 5.32 Å². The summed E-state index contributed by atoms with van der Waals surface area (Å²) in [4.78, 5) is 23.1. The van der Waals surface area contributed by atoms with Crippen molar-refractivity contribution in [3.05, 3.63) is 0 Å². The third-order valence-corrected chi connectivity index (χ3v) is 4.78. The zero-order chi connectivity index (χ0) is 20.0. The molecular weight excluding hydrogens is 346 g/mol. The zero-order valence-corrected chi connectivity index (χ0v) is 18.7. The molecule has 1 amide bonds. The maximum atomic E-state index is 11.9. The van der Waals surface area contributed by atoms with Gasteiger partial charge in [-0.05, 0) is 25.2 Å². The molecule has 0 aromatic rings. The Hall–Kier alpha value is -0.710. The van der Waals surface area contributed by atoms with Gasteiger partial charge in [0.15, 0.2) is 0 Å². The van der Waals surface area contributed by atoms with Crippen LogP contribution in [-0.2, 0) is 9.53 Å². The van der Waals surface area contributed by atoms with Crippen LogP contribution < -0.4 is 5.32 Å². The average molecular weight is 390 g/mol. The minimum absolute atomic E-state index is 0.00315. The maximum absolute atomic E-state index is 11.9. The summed E-state index contributed by atoms with van der Waals surface area (Å²) in [5.41, 5.74) is 0. The molecule has 0 spiro atoms. The van der Waals surface area contributed by atoms with Gasteiger partial charge in [0, 0.05) is 18.7 Å². The van der Waals surface area contributed by atoms with E-state index in [-0.39, 0.29) is 11.2 Å². The van der Waals surface area contributed by atoms with E-state index in [4.69, 9.17) is 4.74 Å². The second kappa shape index (κ2) is 22.3. The third kappa shape index (κ3) is 19.6. The number of amides is 1. The SMILES string of the molecule is CC.CCCCCCC(CCCC)CNC(=O)SCCOC(=O)CCC. The fraction of sp³-hybridized carbons (Fsp3) is 0.905. The van der Waals surface area contributed by atoms with Crippen LogP contribution >= 0.6 is 11.8 Å². The van der Waals surface area contributed by atoms with Crippen LogP contribution in [0, 0.1) is 5.92 Å². The highest BCUT2D eigenvalue weighted by atomic mass is 32.2. The Balaban J connectivity index is 0. The molecule has 0 aliphatic carbocycles. The van der Waals surface area contributed by atoms with E-state index in [1.165, 1.54) is 63.1 Å². The molecule has 0 heterocycles. The number of unbranched alkanes of at least 4 members (excludes halogenated alkanes) is 4. The lowest BCUT2D eigenvalue weighted by Gasteiger charge is -2.17. The van der Waals surface area contributed by atoms with Crippen LogP contribution in [-0.4, -0.2) is 30.1 Å². The monoisotopic (exact) mass is 389 g/mol. The minimum Gasteiger partial charge on any atom is -0.465 e. The smallest absolute Gasteiger partial charge is 0.305 e. The molecule has 1 N–H and O–H groups in total. The van der Waals surface area contributed by atoms with Gasteiger partial charge in [0.25, 0.3) is 5.24 Å². The summed E-state index contributed by atoms with van der Waals surface area (Å²) in [6.45, 7) is 11.5. The van der Waals surface area contributed by atoms with E-state index in [0.717, 1.165) is 13.0 Å². The first-order valence-corrected chi connectivity index (χ1v) is 11.7. The molecule has 5 heteroatoms. The first-order chi connectivity index (χ1) is 12.6. The van der Waals surface area contributed by atoms with E-state index in [2.05, 4.69) is 19.2 Å². The first-order valence-electron chi connectivity index (χ1n) is 10.7. The number of rotatable bonds is 15.